The Labute approximate surface area is 226 Å². The van der Waals surface area contributed by atoms with Gasteiger partial charge in [0.2, 0.25) is 0 Å². The second-order valence-corrected chi connectivity index (χ2v) is 9.37. The van der Waals surface area contributed by atoms with Crippen LogP contribution in [0.3, 0.4) is 0 Å². The Morgan fingerprint density at radius 3 is 2.37 bits per heavy atom. The van der Waals surface area contributed by atoms with Gasteiger partial charge < -0.3 is 25.6 Å². The summed E-state index contributed by atoms with van der Waals surface area (Å²) in [4.78, 5) is 33.0. The van der Waals surface area contributed by atoms with E-state index in [0.29, 0.717) is 22.0 Å². The van der Waals surface area contributed by atoms with Crippen LogP contribution in [-0.4, -0.2) is 48.4 Å². The fraction of sp³-hybridized carbons (Fsp3) is 0.207. The fourth-order valence-electron chi connectivity index (χ4n) is 4.31. The first-order valence-electron chi connectivity index (χ1n) is 12.2. The molecule has 2 fully saturated rings. The van der Waals surface area contributed by atoms with Crippen LogP contribution in [0.2, 0.25) is 5.02 Å². The monoisotopic (exact) mass is 527 g/mol. The number of hydrogen-bond acceptors (Lipinski definition) is 6. The number of carbonyl (C=O) groups excluding carboxylic acids is 2. The molecule has 2 aliphatic rings. The number of anilines is 2. The van der Waals surface area contributed by atoms with E-state index in [1.54, 1.807) is 30.3 Å². The van der Waals surface area contributed by atoms with Crippen LogP contribution in [-0.2, 0) is 0 Å². The van der Waals surface area contributed by atoms with Crippen LogP contribution in [0, 0.1) is 12.3 Å². The molecule has 5 rings (SSSR count). The normalized spacial score (nSPS) is 15.2. The second kappa shape index (κ2) is 10.9. The predicted molar refractivity (Wildman–Crippen MR) is 148 cm³/mol. The number of likely N-dealkylation sites (tertiary alicyclic amines) is 1. The van der Waals surface area contributed by atoms with E-state index in [1.807, 2.05) is 12.1 Å². The van der Waals surface area contributed by atoms with Crippen molar-refractivity contribution in [1.82, 2.24) is 15.2 Å². The van der Waals surface area contributed by atoms with Crippen molar-refractivity contribution in [3.8, 4) is 18.1 Å². The third kappa shape index (κ3) is 5.15. The molecule has 2 saturated heterocycles. The fourth-order valence-corrected chi connectivity index (χ4v) is 4.42. The Hall–Kier alpha value is -4.48. The molecule has 0 atom stereocenters. The number of nitrogens with zero attached hydrogens (tertiary/aromatic N) is 2. The van der Waals surface area contributed by atoms with Crippen molar-refractivity contribution in [1.29, 1.82) is 0 Å². The molecule has 0 bridgehead atoms. The van der Waals surface area contributed by atoms with E-state index in [-0.39, 0.29) is 22.9 Å². The molecule has 38 heavy (non-hydrogen) atoms. The van der Waals surface area contributed by atoms with Crippen LogP contribution < -0.4 is 20.7 Å². The number of ether oxygens (including phenoxy) is 1. The van der Waals surface area contributed by atoms with E-state index in [0.717, 1.165) is 31.6 Å². The van der Waals surface area contributed by atoms with Gasteiger partial charge in [0.25, 0.3) is 11.8 Å². The highest BCUT2D eigenvalue weighted by atomic mass is 35.5. The Bertz CT molecular complexity index is 1450. The first-order valence-corrected chi connectivity index (χ1v) is 12.6. The summed E-state index contributed by atoms with van der Waals surface area (Å²) in [6.45, 7) is 3.05. The van der Waals surface area contributed by atoms with Crippen LogP contribution in [0.5, 0.6) is 5.75 Å². The van der Waals surface area contributed by atoms with Crippen LogP contribution in [0.4, 0.5) is 11.5 Å². The van der Waals surface area contributed by atoms with E-state index in [1.165, 1.54) is 37.2 Å². The smallest absolute Gasteiger partial charge is 0.259 e. The van der Waals surface area contributed by atoms with Crippen molar-refractivity contribution in [3.05, 3.63) is 87.7 Å². The summed E-state index contributed by atoms with van der Waals surface area (Å²) in [5.41, 5.74) is 4.72. The minimum absolute atomic E-state index is 0.139. The Morgan fingerprint density at radius 2 is 1.82 bits per heavy atom. The van der Waals surface area contributed by atoms with Gasteiger partial charge in [0.05, 0.1) is 29.1 Å². The Kier molecular flexibility index (Phi) is 7.20. The van der Waals surface area contributed by atoms with Gasteiger partial charge in [-0.05, 0) is 48.4 Å². The first-order chi connectivity index (χ1) is 18.5. The van der Waals surface area contributed by atoms with Crippen molar-refractivity contribution in [3.63, 3.8) is 0 Å². The summed E-state index contributed by atoms with van der Waals surface area (Å²) < 4.78 is 5.48. The van der Waals surface area contributed by atoms with Crippen molar-refractivity contribution < 1.29 is 14.3 Å². The van der Waals surface area contributed by atoms with Gasteiger partial charge in [-0.1, -0.05) is 29.7 Å². The Balaban J connectivity index is 1.41. The molecule has 2 aliphatic heterocycles. The highest BCUT2D eigenvalue weighted by molar-refractivity contribution is 6.30. The minimum atomic E-state index is -0.514. The lowest BCUT2D eigenvalue weighted by Gasteiger charge is -2.39. The van der Waals surface area contributed by atoms with Crippen molar-refractivity contribution >= 4 is 40.6 Å². The highest BCUT2D eigenvalue weighted by Gasteiger charge is 2.25. The number of benzene rings is 2. The summed E-state index contributed by atoms with van der Waals surface area (Å²) in [7, 11) is 1.45. The number of methoxy groups -OCH3 is 1. The van der Waals surface area contributed by atoms with E-state index >= 15 is 0 Å². The second-order valence-electron chi connectivity index (χ2n) is 8.94. The number of rotatable bonds is 7. The average Bonchev–Trinajstić information content (AvgIpc) is 2.87. The molecule has 3 N–H and O–H groups in total. The zero-order valence-corrected chi connectivity index (χ0v) is 21.6. The van der Waals surface area contributed by atoms with E-state index in [9.17, 15) is 9.59 Å². The SMILES string of the molecule is C#Cc1cc(OC)c(NC(=O)c2ccc(C(=C3CCN3)N3CCC3)cc2)c(C(=O)Nc2ccc(Cl)cn2)c1. The third-order valence-electron chi connectivity index (χ3n) is 6.53. The topological polar surface area (TPSA) is 95.6 Å². The summed E-state index contributed by atoms with van der Waals surface area (Å²) in [5.74, 6) is 2.18. The standard InChI is InChI=1S/C29H26ClN5O3/c1-3-18-15-22(29(37)33-25-10-9-21(30)17-32-25)26(24(16-18)38-2)34-28(36)20-7-5-19(6-8-20)27(23-11-12-31-23)35-13-4-14-35/h1,5-10,15-17,31H,4,11-14H2,2H3,(H,34,36)(H,32,33,37). The zero-order valence-electron chi connectivity index (χ0n) is 20.8. The molecule has 2 amide bonds. The molecule has 0 unspecified atom stereocenters. The van der Waals surface area contributed by atoms with Gasteiger partial charge in [-0.2, -0.15) is 0 Å². The molecule has 0 radical (unpaired) electrons. The van der Waals surface area contributed by atoms with E-state index in [2.05, 4.69) is 31.8 Å². The number of nitrogens with one attached hydrogen (secondary N) is 3. The van der Waals surface area contributed by atoms with Gasteiger partial charge >= 0.3 is 0 Å². The van der Waals surface area contributed by atoms with Crippen LogP contribution >= 0.6 is 11.6 Å². The van der Waals surface area contributed by atoms with Gasteiger partial charge in [-0.3, -0.25) is 9.59 Å². The largest absolute Gasteiger partial charge is 0.495 e. The number of aromatic nitrogens is 1. The third-order valence-corrected chi connectivity index (χ3v) is 6.76. The summed E-state index contributed by atoms with van der Waals surface area (Å²) in [6, 6.07) is 13.8. The number of terminal acetylenes is 1. The average molecular weight is 528 g/mol. The van der Waals surface area contributed by atoms with Gasteiger partial charge in [0, 0.05) is 49.1 Å². The number of pyridine rings is 1. The Morgan fingerprint density at radius 1 is 1.08 bits per heavy atom. The summed E-state index contributed by atoms with van der Waals surface area (Å²) in [5, 5.41) is 9.39. The zero-order chi connectivity index (χ0) is 26.6. The predicted octanol–water partition coefficient (Wildman–Crippen LogP) is 4.60. The maximum Gasteiger partial charge on any atom is 0.259 e. The maximum atomic E-state index is 13.3. The minimum Gasteiger partial charge on any atom is -0.495 e. The molecule has 9 heteroatoms. The molecular weight excluding hydrogens is 502 g/mol. The lowest BCUT2D eigenvalue weighted by molar-refractivity contribution is 0.102. The quantitative estimate of drug-likeness (QED) is 0.389. The molecule has 8 nitrogen and oxygen atoms in total. The van der Waals surface area contributed by atoms with Crippen LogP contribution in [0.15, 0.2) is 60.4 Å². The molecule has 0 aliphatic carbocycles. The van der Waals surface area contributed by atoms with Gasteiger partial charge in [0.15, 0.2) is 0 Å². The highest BCUT2D eigenvalue weighted by Crippen LogP contribution is 2.33. The summed E-state index contributed by atoms with van der Waals surface area (Å²) >= 11 is 5.89. The number of carbonyl (C=O) groups is 2. The van der Waals surface area contributed by atoms with E-state index < -0.39 is 5.91 Å². The van der Waals surface area contributed by atoms with Crippen molar-refractivity contribution in [2.45, 2.75) is 12.8 Å². The number of amides is 2. The lowest BCUT2D eigenvalue weighted by atomic mass is 9.99. The van der Waals surface area contributed by atoms with Gasteiger partial charge in [0.1, 0.15) is 11.6 Å². The number of halogens is 1. The van der Waals surface area contributed by atoms with E-state index in [4.69, 9.17) is 22.8 Å². The lowest BCUT2D eigenvalue weighted by Crippen LogP contribution is -2.40. The van der Waals surface area contributed by atoms with Crippen LogP contribution in [0.25, 0.3) is 5.70 Å². The molecule has 2 aromatic carbocycles. The van der Waals surface area contributed by atoms with Crippen molar-refractivity contribution in [2.24, 2.45) is 0 Å². The molecular formula is C29H26ClN5O3. The molecule has 3 aromatic rings. The molecule has 0 saturated carbocycles. The molecule has 1 aromatic heterocycles. The molecule has 3 heterocycles. The molecule has 192 valence electrons. The van der Waals surface area contributed by atoms with Gasteiger partial charge in [-0.25, -0.2) is 4.98 Å². The van der Waals surface area contributed by atoms with Gasteiger partial charge in [-0.15, -0.1) is 6.42 Å². The first kappa shape index (κ1) is 25.2. The maximum absolute atomic E-state index is 13.3. The van der Waals surface area contributed by atoms with Crippen LogP contribution in [0.1, 0.15) is 44.7 Å². The number of hydrogen-bond donors (Lipinski definition) is 3. The van der Waals surface area contributed by atoms with Crippen molar-refractivity contribution in [2.75, 3.05) is 37.4 Å². The summed E-state index contributed by atoms with van der Waals surface area (Å²) in [6.07, 6.45) is 9.23. The molecule has 0 spiro atoms.